The number of ether oxygens (including phenoxy) is 2. The Kier molecular flexibility index (Phi) is 6.82. The Morgan fingerprint density at radius 1 is 1.03 bits per heavy atom. The zero-order valence-corrected chi connectivity index (χ0v) is 17.8. The van der Waals surface area contributed by atoms with E-state index in [1.165, 1.54) is 6.42 Å². The Bertz CT molecular complexity index is 1030. The molecule has 1 amide bonds. The number of nitrogens with zero attached hydrogens (tertiary/aromatic N) is 3. The number of aromatic nitrogens is 3. The summed E-state index contributed by atoms with van der Waals surface area (Å²) in [6.45, 7) is 3.48. The lowest BCUT2D eigenvalue weighted by atomic mass is 10.2. The fraction of sp³-hybridized carbons (Fsp3) is 0.375. The molecule has 31 heavy (non-hydrogen) atoms. The molecule has 1 aliphatic heterocycles. The van der Waals surface area contributed by atoms with Crippen molar-refractivity contribution in [1.29, 1.82) is 0 Å². The van der Waals surface area contributed by atoms with E-state index in [-0.39, 0.29) is 12.5 Å². The van der Waals surface area contributed by atoms with Crippen LogP contribution in [0.4, 0.5) is 5.69 Å². The summed E-state index contributed by atoms with van der Waals surface area (Å²) < 4.78 is 13.6. The Balaban J connectivity index is 1.41. The number of carbonyl (C=O) groups is 1. The van der Waals surface area contributed by atoms with Crippen LogP contribution in [0.1, 0.15) is 38.4 Å². The lowest BCUT2D eigenvalue weighted by Gasteiger charge is -2.12. The maximum Gasteiger partial charge on any atom is 0.262 e. The molecular weight excluding hydrogens is 392 g/mol. The molecule has 7 nitrogen and oxygen atoms in total. The third-order valence-corrected chi connectivity index (χ3v) is 5.18. The largest absolute Gasteiger partial charge is 0.490 e. The van der Waals surface area contributed by atoms with E-state index >= 15 is 0 Å². The predicted octanol–water partition coefficient (Wildman–Crippen LogP) is 4.48. The van der Waals surface area contributed by atoms with Crippen molar-refractivity contribution in [2.75, 3.05) is 18.5 Å². The third kappa shape index (κ3) is 5.23. The summed E-state index contributed by atoms with van der Waals surface area (Å²) in [6, 6.07) is 15.1. The quantitative estimate of drug-likeness (QED) is 0.581. The average Bonchev–Trinajstić information content (AvgIpc) is 3.05. The van der Waals surface area contributed by atoms with Gasteiger partial charge in [-0.2, -0.15) is 0 Å². The number of aryl methyl sites for hydroxylation is 1. The van der Waals surface area contributed by atoms with Crippen LogP contribution in [0.15, 0.2) is 48.5 Å². The van der Waals surface area contributed by atoms with Crippen molar-refractivity contribution in [2.24, 2.45) is 0 Å². The molecule has 0 saturated carbocycles. The first-order valence-corrected chi connectivity index (χ1v) is 10.9. The van der Waals surface area contributed by atoms with E-state index in [1.807, 2.05) is 49.4 Å². The Morgan fingerprint density at radius 3 is 2.71 bits per heavy atom. The minimum atomic E-state index is -0.234. The number of hydrogen-bond donors (Lipinski definition) is 1. The number of carbonyl (C=O) groups excluding carboxylic acids is 1. The first-order valence-electron chi connectivity index (χ1n) is 10.9. The van der Waals surface area contributed by atoms with Gasteiger partial charge in [-0.3, -0.25) is 4.79 Å². The number of fused-ring (bicyclic) bond motifs is 1. The summed E-state index contributed by atoms with van der Waals surface area (Å²) in [7, 11) is 0. The molecule has 0 spiro atoms. The highest BCUT2D eigenvalue weighted by Gasteiger charge is 2.16. The Hall–Kier alpha value is -3.35. The van der Waals surface area contributed by atoms with Gasteiger partial charge in [0.2, 0.25) is 0 Å². The lowest BCUT2D eigenvalue weighted by Crippen LogP contribution is -2.20. The van der Waals surface area contributed by atoms with Crippen molar-refractivity contribution in [3.05, 3.63) is 54.4 Å². The van der Waals surface area contributed by atoms with E-state index in [4.69, 9.17) is 9.47 Å². The van der Waals surface area contributed by atoms with Crippen molar-refractivity contribution in [1.82, 2.24) is 14.8 Å². The van der Waals surface area contributed by atoms with Crippen LogP contribution < -0.4 is 14.8 Å². The van der Waals surface area contributed by atoms with Crippen molar-refractivity contribution in [3.8, 4) is 22.9 Å². The molecule has 0 atom stereocenters. The fourth-order valence-corrected chi connectivity index (χ4v) is 3.68. The van der Waals surface area contributed by atoms with Crippen LogP contribution in [0.3, 0.4) is 0 Å². The number of rotatable bonds is 8. The van der Waals surface area contributed by atoms with E-state index in [0.29, 0.717) is 23.8 Å². The summed E-state index contributed by atoms with van der Waals surface area (Å²) in [6.07, 6.45) is 5.37. The smallest absolute Gasteiger partial charge is 0.262 e. The molecule has 0 aliphatic carbocycles. The predicted molar refractivity (Wildman–Crippen MR) is 119 cm³/mol. The van der Waals surface area contributed by atoms with E-state index in [0.717, 1.165) is 49.4 Å². The Morgan fingerprint density at radius 2 is 1.87 bits per heavy atom. The molecule has 0 fully saturated rings. The standard InChI is InChI=1S/C24H28N4O3/c1-2-15-30-20-11-5-6-12-21(20)31-17-23(29)25-19-10-8-9-18(16-19)24-27-26-22-13-4-3-7-14-28(22)24/h5-6,8-12,16H,2-4,7,13-15,17H2,1H3,(H,25,29). The fourth-order valence-electron chi connectivity index (χ4n) is 3.68. The molecule has 0 bridgehead atoms. The number of para-hydroxylation sites is 2. The molecule has 0 radical (unpaired) electrons. The van der Waals surface area contributed by atoms with Crippen LogP contribution in [-0.4, -0.2) is 33.9 Å². The zero-order chi connectivity index (χ0) is 21.5. The molecule has 1 aromatic heterocycles. The molecular formula is C24H28N4O3. The molecule has 0 saturated heterocycles. The lowest BCUT2D eigenvalue weighted by molar-refractivity contribution is -0.118. The minimum absolute atomic E-state index is 0.100. The second kappa shape index (κ2) is 10.1. The van der Waals surface area contributed by atoms with Crippen molar-refractivity contribution >= 4 is 11.6 Å². The van der Waals surface area contributed by atoms with Gasteiger partial charge in [-0.15, -0.1) is 10.2 Å². The van der Waals surface area contributed by atoms with Crippen molar-refractivity contribution < 1.29 is 14.3 Å². The number of benzene rings is 2. The summed E-state index contributed by atoms with van der Waals surface area (Å²) in [5.41, 5.74) is 1.64. The summed E-state index contributed by atoms with van der Waals surface area (Å²) in [4.78, 5) is 12.5. The minimum Gasteiger partial charge on any atom is -0.490 e. The van der Waals surface area contributed by atoms with Gasteiger partial charge < -0.3 is 19.4 Å². The number of hydrogen-bond acceptors (Lipinski definition) is 5. The molecule has 3 aromatic rings. The topological polar surface area (TPSA) is 78.3 Å². The van der Waals surface area contributed by atoms with E-state index in [9.17, 15) is 4.79 Å². The molecule has 0 unspecified atom stereocenters. The van der Waals surface area contributed by atoms with E-state index in [2.05, 4.69) is 20.1 Å². The van der Waals surface area contributed by atoms with Gasteiger partial charge in [0, 0.05) is 24.2 Å². The van der Waals surface area contributed by atoms with Crippen LogP contribution in [0, 0.1) is 0 Å². The summed E-state index contributed by atoms with van der Waals surface area (Å²) >= 11 is 0. The van der Waals surface area contributed by atoms with Gasteiger partial charge in [-0.25, -0.2) is 0 Å². The SMILES string of the molecule is CCCOc1ccccc1OCC(=O)Nc1cccc(-c2nnc3n2CCCCC3)c1. The molecule has 7 heteroatoms. The van der Waals surface area contributed by atoms with Gasteiger partial charge in [0.25, 0.3) is 5.91 Å². The van der Waals surface area contributed by atoms with Gasteiger partial charge in [0.05, 0.1) is 6.61 Å². The molecule has 2 heterocycles. The summed E-state index contributed by atoms with van der Waals surface area (Å²) in [5.74, 6) is 2.87. The van der Waals surface area contributed by atoms with Gasteiger partial charge in [0.15, 0.2) is 23.9 Å². The van der Waals surface area contributed by atoms with Gasteiger partial charge in [-0.1, -0.05) is 37.6 Å². The first kappa shape index (κ1) is 20.9. The third-order valence-electron chi connectivity index (χ3n) is 5.18. The van der Waals surface area contributed by atoms with E-state index < -0.39 is 0 Å². The first-order chi connectivity index (χ1) is 15.2. The van der Waals surface area contributed by atoms with Crippen LogP contribution >= 0.6 is 0 Å². The molecule has 4 rings (SSSR count). The highest BCUT2D eigenvalue weighted by molar-refractivity contribution is 5.92. The van der Waals surface area contributed by atoms with Crippen LogP contribution in [-0.2, 0) is 17.8 Å². The zero-order valence-electron chi connectivity index (χ0n) is 17.8. The highest BCUT2D eigenvalue weighted by atomic mass is 16.5. The van der Waals surface area contributed by atoms with Crippen molar-refractivity contribution in [3.63, 3.8) is 0 Å². The monoisotopic (exact) mass is 420 g/mol. The maximum absolute atomic E-state index is 12.5. The highest BCUT2D eigenvalue weighted by Crippen LogP contribution is 2.27. The van der Waals surface area contributed by atoms with E-state index in [1.54, 1.807) is 6.07 Å². The second-order valence-corrected chi connectivity index (χ2v) is 7.61. The maximum atomic E-state index is 12.5. The average molecular weight is 421 g/mol. The molecule has 1 aliphatic rings. The van der Waals surface area contributed by atoms with Crippen LogP contribution in [0.5, 0.6) is 11.5 Å². The van der Waals surface area contributed by atoms with Gasteiger partial charge in [-0.05, 0) is 43.5 Å². The van der Waals surface area contributed by atoms with Gasteiger partial charge in [0.1, 0.15) is 5.82 Å². The van der Waals surface area contributed by atoms with Crippen molar-refractivity contribution in [2.45, 2.75) is 45.6 Å². The van der Waals surface area contributed by atoms with Crippen LogP contribution in [0.25, 0.3) is 11.4 Å². The number of anilines is 1. The molecule has 162 valence electrons. The Labute approximate surface area is 182 Å². The molecule has 1 N–H and O–H groups in total. The second-order valence-electron chi connectivity index (χ2n) is 7.61. The normalized spacial score (nSPS) is 13.2. The van der Waals surface area contributed by atoms with Crippen LogP contribution in [0.2, 0.25) is 0 Å². The number of amides is 1. The molecule has 2 aromatic carbocycles. The number of nitrogens with one attached hydrogen (secondary N) is 1. The van der Waals surface area contributed by atoms with Gasteiger partial charge >= 0.3 is 0 Å². The summed E-state index contributed by atoms with van der Waals surface area (Å²) in [5, 5.41) is 11.7.